The Hall–Kier alpha value is -0.990. The van der Waals surface area contributed by atoms with E-state index in [2.05, 4.69) is 5.10 Å². The first-order valence-corrected chi connectivity index (χ1v) is 4.57. The third-order valence-corrected chi connectivity index (χ3v) is 3.32. The summed E-state index contributed by atoms with van der Waals surface area (Å²) < 4.78 is 1.98. The summed E-state index contributed by atoms with van der Waals surface area (Å²) in [6.07, 6.45) is 6.30. The van der Waals surface area contributed by atoms with Gasteiger partial charge in [0.15, 0.2) is 0 Å². The SMILES string of the molecule is Nc1ccn(CC2CC23CC3)n1. The van der Waals surface area contributed by atoms with E-state index in [9.17, 15) is 0 Å². The Balaban J connectivity index is 1.69. The smallest absolute Gasteiger partial charge is 0.145 e. The van der Waals surface area contributed by atoms with Gasteiger partial charge in [-0.2, -0.15) is 5.10 Å². The quantitative estimate of drug-likeness (QED) is 0.713. The lowest BCUT2D eigenvalue weighted by atomic mass is 10.3. The molecule has 2 aliphatic rings. The molecule has 2 N–H and O–H groups in total. The molecule has 0 amide bonds. The summed E-state index contributed by atoms with van der Waals surface area (Å²) in [5, 5.41) is 4.18. The molecule has 1 unspecified atom stereocenters. The van der Waals surface area contributed by atoms with Crippen molar-refractivity contribution in [3.63, 3.8) is 0 Å². The first-order valence-electron chi connectivity index (χ1n) is 4.57. The van der Waals surface area contributed by atoms with Crippen molar-refractivity contribution in [3.8, 4) is 0 Å². The lowest BCUT2D eigenvalue weighted by molar-refractivity contribution is 0.527. The van der Waals surface area contributed by atoms with E-state index in [0.29, 0.717) is 5.82 Å². The Morgan fingerprint density at radius 1 is 1.67 bits per heavy atom. The Bertz CT molecular complexity index is 311. The van der Waals surface area contributed by atoms with Gasteiger partial charge in [0.25, 0.3) is 0 Å². The standard InChI is InChI=1S/C9H13N3/c10-8-1-4-12(11-8)6-7-5-9(7)2-3-9/h1,4,7H,2-3,5-6H2,(H2,10,11). The molecule has 0 bridgehead atoms. The summed E-state index contributed by atoms with van der Waals surface area (Å²) in [6.45, 7) is 1.08. The van der Waals surface area contributed by atoms with Crippen LogP contribution in [0.2, 0.25) is 0 Å². The van der Waals surface area contributed by atoms with Gasteiger partial charge in [-0.3, -0.25) is 4.68 Å². The van der Waals surface area contributed by atoms with Gasteiger partial charge in [0.2, 0.25) is 0 Å². The molecule has 0 aromatic carbocycles. The molecule has 1 spiro atoms. The molecule has 3 rings (SSSR count). The highest BCUT2D eigenvalue weighted by Crippen LogP contribution is 2.70. The van der Waals surface area contributed by atoms with Crippen molar-refractivity contribution in [2.24, 2.45) is 11.3 Å². The summed E-state index contributed by atoms with van der Waals surface area (Å²) in [5.41, 5.74) is 6.30. The molecule has 1 heterocycles. The van der Waals surface area contributed by atoms with Gasteiger partial charge in [-0.1, -0.05) is 0 Å². The fourth-order valence-corrected chi connectivity index (χ4v) is 2.17. The zero-order chi connectivity index (χ0) is 8.18. The number of nitrogens with zero attached hydrogens (tertiary/aromatic N) is 2. The molecule has 64 valence electrons. The highest BCUT2D eigenvalue weighted by atomic mass is 15.3. The first-order chi connectivity index (χ1) is 5.78. The molecule has 1 aromatic heterocycles. The van der Waals surface area contributed by atoms with Gasteiger partial charge in [0.1, 0.15) is 5.82 Å². The van der Waals surface area contributed by atoms with Crippen LogP contribution in [0.4, 0.5) is 5.82 Å². The molecule has 3 heteroatoms. The van der Waals surface area contributed by atoms with Gasteiger partial charge in [0, 0.05) is 12.7 Å². The van der Waals surface area contributed by atoms with Gasteiger partial charge >= 0.3 is 0 Å². The van der Waals surface area contributed by atoms with Gasteiger partial charge in [0.05, 0.1) is 0 Å². The topological polar surface area (TPSA) is 43.8 Å². The van der Waals surface area contributed by atoms with Gasteiger partial charge in [-0.25, -0.2) is 0 Å². The number of anilines is 1. The maximum Gasteiger partial charge on any atom is 0.145 e. The van der Waals surface area contributed by atoms with Crippen LogP contribution in [0.3, 0.4) is 0 Å². The van der Waals surface area contributed by atoms with Crippen molar-refractivity contribution in [3.05, 3.63) is 12.3 Å². The Kier molecular flexibility index (Phi) is 1.000. The predicted molar refractivity (Wildman–Crippen MR) is 46.4 cm³/mol. The van der Waals surface area contributed by atoms with Crippen LogP contribution in [0.15, 0.2) is 12.3 Å². The third-order valence-electron chi connectivity index (χ3n) is 3.32. The molecule has 2 fully saturated rings. The molecule has 12 heavy (non-hydrogen) atoms. The Morgan fingerprint density at radius 3 is 3.00 bits per heavy atom. The number of aromatic nitrogens is 2. The number of rotatable bonds is 2. The second-order valence-electron chi connectivity index (χ2n) is 4.23. The molecule has 1 atom stereocenters. The van der Waals surface area contributed by atoms with Crippen LogP contribution in [0.1, 0.15) is 19.3 Å². The highest BCUT2D eigenvalue weighted by molar-refractivity contribution is 5.24. The molecule has 0 saturated heterocycles. The Labute approximate surface area is 71.6 Å². The average molecular weight is 163 g/mol. The summed E-state index contributed by atoms with van der Waals surface area (Å²) in [6, 6.07) is 1.86. The van der Waals surface area contributed by atoms with E-state index in [4.69, 9.17) is 5.73 Å². The largest absolute Gasteiger partial charge is 0.382 e. The van der Waals surface area contributed by atoms with E-state index in [1.165, 1.54) is 19.3 Å². The lowest BCUT2D eigenvalue weighted by Crippen LogP contribution is -2.02. The summed E-state index contributed by atoms with van der Waals surface area (Å²) in [5.74, 6) is 1.54. The van der Waals surface area contributed by atoms with Gasteiger partial charge in [-0.05, 0) is 36.7 Å². The van der Waals surface area contributed by atoms with Crippen molar-refractivity contribution >= 4 is 5.82 Å². The van der Waals surface area contributed by atoms with Crippen LogP contribution in [-0.2, 0) is 6.54 Å². The van der Waals surface area contributed by atoms with E-state index < -0.39 is 0 Å². The number of hydrogen-bond donors (Lipinski definition) is 1. The van der Waals surface area contributed by atoms with E-state index in [-0.39, 0.29) is 0 Å². The fraction of sp³-hybridized carbons (Fsp3) is 0.667. The molecule has 2 aliphatic carbocycles. The summed E-state index contributed by atoms with van der Waals surface area (Å²) in [7, 11) is 0. The van der Waals surface area contributed by atoms with Gasteiger partial charge < -0.3 is 5.73 Å². The van der Waals surface area contributed by atoms with Crippen molar-refractivity contribution in [1.29, 1.82) is 0 Å². The van der Waals surface area contributed by atoms with Crippen LogP contribution in [0.25, 0.3) is 0 Å². The second-order valence-corrected chi connectivity index (χ2v) is 4.23. The fourth-order valence-electron chi connectivity index (χ4n) is 2.17. The van der Waals surface area contributed by atoms with E-state index >= 15 is 0 Å². The summed E-state index contributed by atoms with van der Waals surface area (Å²) >= 11 is 0. The molecule has 3 nitrogen and oxygen atoms in total. The summed E-state index contributed by atoms with van der Waals surface area (Å²) in [4.78, 5) is 0. The normalized spacial score (nSPS) is 29.2. The lowest BCUT2D eigenvalue weighted by Gasteiger charge is -1.97. The first kappa shape index (κ1) is 6.52. The number of nitrogen functional groups attached to an aromatic ring is 1. The zero-order valence-electron chi connectivity index (χ0n) is 7.03. The average Bonchev–Trinajstić information content (AvgIpc) is 2.89. The minimum atomic E-state index is 0.639. The predicted octanol–water partition coefficient (Wildman–Crippen LogP) is 1.27. The van der Waals surface area contributed by atoms with E-state index in [1.807, 2.05) is 16.9 Å². The van der Waals surface area contributed by atoms with Gasteiger partial charge in [-0.15, -0.1) is 0 Å². The van der Waals surface area contributed by atoms with Crippen LogP contribution in [0.5, 0.6) is 0 Å². The molecule has 0 radical (unpaired) electrons. The van der Waals surface area contributed by atoms with E-state index in [0.717, 1.165) is 17.9 Å². The van der Waals surface area contributed by atoms with E-state index in [1.54, 1.807) is 0 Å². The number of nitrogens with two attached hydrogens (primary N) is 1. The monoisotopic (exact) mass is 163 g/mol. The van der Waals surface area contributed by atoms with Crippen LogP contribution in [-0.4, -0.2) is 9.78 Å². The molecular weight excluding hydrogens is 150 g/mol. The van der Waals surface area contributed by atoms with Crippen molar-refractivity contribution in [2.45, 2.75) is 25.8 Å². The Morgan fingerprint density at radius 2 is 2.50 bits per heavy atom. The molecular formula is C9H13N3. The maximum atomic E-state index is 5.53. The van der Waals surface area contributed by atoms with Crippen LogP contribution < -0.4 is 5.73 Å². The van der Waals surface area contributed by atoms with Crippen LogP contribution in [0, 0.1) is 11.3 Å². The molecule has 1 aromatic rings. The van der Waals surface area contributed by atoms with Crippen molar-refractivity contribution in [2.75, 3.05) is 5.73 Å². The minimum absolute atomic E-state index is 0.639. The zero-order valence-corrected chi connectivity index (χ0v) is 7.03. The third kappa shape index (κ3) is 0.854. The molecule has 2 saturated carbocycles. The minimum Gasteiger partial charge on any atom is -0.382 e. The number of hydrogen-bond acceptors (Lipinski definition) is 2. The highest BCUT2D eigenvalue weighted by Gasteiger charge is 2.62. The van der Waals surface area contributed by atoms with Crippen LogP contribution >= 0.6 is 0 Å². The maximum absolute atomic E-state index is 5.53. The second kappa shape index (κ2) is 1.84. The van der Waals surface area contributed by atoms with Crippen molar-refractivity contribution < 1.29 is 0 Å². The molecule has 0 aliphatic heterocycles. The van der Waals surface area contributed by atoms with Crippen molar-refractivity contribution in [1.82, 2.24) is 9.78 Å².